The van der Waals surface area contributed by atoms with Gasteiger partial charge < -0.3 is 4.90 Å². The van der Waals surface area contributed by atoms with Gasteiger partial charge in [0.1, 0.15) is 6.29 Å². The van der Waals surface area contributed by atoms with Crippen molar-refractivity contribution in [3.05, 3.63) is 12.2 Å². The predicted octanol–water partition coefficient (Wildman–Crippen LogP) is 1.86. The van der Waals surface area contributed by atoms with Crippen LogP contribution in [0.2, 0.25) is 0 Å². The van der Waals surface area contributed by atoms with E-state index in [2.05, 4.69) is 25.3 Å². The molecule has 2 nitrogen and oxygen atoms in total. The van der Waals surface area contributed by atoms with Crippen LogP contribution in [-0.4, -0.2) is 30.3 Å². The Kier molecular flexibility index (Phi) is 3.67. The summed E-state index contributed by atoms with van der Waals surface area (Å²) in [5, 5.41) is 0. The van der Waals surface area contributed by atoms with Crippen LogP contribution in [0.5, 0.6) is 0 Å². The molecule has 74 valence electrons. The van der Waals surface area contributed by atoms with Gasteiger partial charge in [0.25, 0.3) is 0 Å². The van der Waals surface area contributed by atoms with E-state index in [0.717, 1.165) is 37.8 Å². The number of nitrogens with zero attached hydrogens (tertiary/aromatic N) is 1. The molecule has 0 unspecified atom stereocenters. The molecule has 0 amide bonds. The molecule has 0 aliphatic carbocycles. The van der Waals surface area contributed by atoms with Gasteiger partial charge in [-0.3, -0.25) is 4.79 Å². The van der Waals surface area contributed by atoms with Crippen LogP contribution in [0.25, 0.3) is 0 Å². The monoisotopic (exact) mass is 181 g/mol. The molecule has 0 bridgehead atoms. The van der Waals surface area contributed by atoms with Crippen molar-refractivity contribution in [3.63, 3.8) is 0 Å². The highest BCUT2D eigenvalue weighted by Gasteiger charge is 2.21. The van der Waals surface area contributed by atoms with Crippen LogP contribution in [0.1, 0.15) is 26.7 Å². The summed E-state index contributed by atoms with van der Waals surface area (Å²) in [6.45, 7) is 10.4. The quantitative estimate of drug-likeness (QED) is 0.489. The van der Waals surface area contributed by atoms with Crippen molar-refractivity contribution >= 4 is 6.29 Å². The second-order valence-corrected chi connectivity index (χ2v) is 4.10. The lowest BCUT2D eigenvalue weighted by atomic mass is 9.90. The molecule has 0 atom stereocenters. The van der Waals surface area contributed by atoms with Crippen LogP contribution in [0.15, 0.2) is 12.2 Å². The van der Waals surface area contributed by atoms with E-state index in [4.69, 9.17) is 0 Å². The fourth-order valence-electron chi connectivity index (χ4n) is 1.88. The first-order valence-electron chi connectivity index (χ1n) is 5.03. The van der Waals surface area contributed by atoms with Crippen LogP contribution in [0.4, 0.5) is 0 Å². The van der Waals surface area contributed by atoms with Crippen molar-refractivity contribution < 1.29 is 4.79 Å². The van der Waals surface area contributed by atoms with Gasteiger partial charge >= 0.3 is 0 Å². The first-order valence-corrected chi connectivity index (χ1v) is 5.03. The lowest BCUT2D eigenvalue weighted by Gasteiger charge is -2.34. The molecule has 0 saturated carbocycles. The van der Waals surface area contributed by atoms with Crippen molar-refractivity contribution in [2.24, 2.45) is 5.92 Å². The van der Waals surface area contributed by atoms with Crippen molar-refractivity contribution in [2.75, 3.05) is 13.1 Å². The fourth-order valence-corrected chi connectivity index (χ4v) is 1.88. The van der Waals surface area contributed by atoms with E-state index in [-0.39, 0.29) is 0 Å². The molecule has 1 heterocycles. The summed E-state index contributed by atoms with van der Waals surface area (Å²) < 4.78 is 0. The summed E-state index contributed by atoms with van der Waals surface area (Å²) in [7, 11) is 0. The van der Waals surface area contributed by atoms with Crippen LogP contribution >= 0.6 is 0 Å². The third-order valence-corrected chi connectivity index (χ3v) is 2.94. The second-order valence-electron chi connectivity index (χ2n) is 4.10. The minimum absolute atomic E-state index is 0.438. The molecule has 0 aromatic rings. The maximum absolute atomic E-state index is 10.5. The average molecular weight is 181 g/mol. The molecule has 0 radical (unpaired) electrons. The minimum Gasteiger partial charge on any atom is -0.301 e. The topological polar surface area (TPSA) is 20.3 Å². The van der Waals surface area contributed by atoms with Gasteiger partial charge in [0.05, 0.1) is 0 Å². The summed E-state index contributed by atoms with van der Waals surface area (Å²) in [5.41, 5.74) is 0.781. The third kappa shape index (κ3) is 2.66. The standard InChI is InChI=1S/C11H19NO/c1-9(2)12-6-4-11(5-7-12)10(3)8-13/h8-9,11H,3-7H2,1-2H3. The Balaban J connectivity index is 2.38. The molecule has 1 aliphatic rings. The molecule has 1 rings (SSSR count). The number of likely N-dealkylation sites (tertiary alicyclic amines) is 1. The Morgan fingerprint density at radius 1 is 1.46 bits per heavy atom. The van der Waals surface area contributed by atoms with E-state index in [9.17, 15) is 4.79 Å². The Labute approximate surface area is 80.6 Å². The summed E-state index contributed by atoms with van der Waals surface area (Å²) >= 11 is 0. The molecule has 0 aromatic carbocycles. The van der Waals surface area contributed by atoms with Gasteiger partial charge in [-0.1, -0.05) is 6.58 Å². The first-order chi connectivity index (χ1) is 6.15. The Hall–Kier alpha value is -0.630. The normalized spacial score (nSPS) is 20.5. The molecular weight excluding hydrogens is 162 g/mol. The van der Waals surface area contributed by atoms with Crippen molar-refractivity contribution in [1.82, 2.24) is 4.90 Å². The minimum atomic E-state index is 0.438. The Bertz CT molecular complexity index is 190. The van der Waals surface area contributed by atoms with Crippen LogP contribution in [-0.2, 0) is 4.79 Å². The summed E-state index contributed by atoms with van der Waals surface area (Å²) in [5.74, 6) is 0.438. The van der Waals surface area contributed by atoms with Gasteiger partial charge in [0.2, 0.25) is 0 Å². The van der Waals surface area contributed by atoms with Gasteiger partial charge in [0.15, 0.2) is 0 Å². The number of carbonyl (C=O) groups is 1. The molecule has 13 heavy (non-hydrogen) atoms. The molecule has 2 heteroatoms. The molecule has 1 aliphatic heterocycles. The van der Waals surface area contributed by atoms with Crippen LogP contribution < -0.4 is 0 Å². The first kappa shape index (κ1) is 10.5. The van der Waals surface area contributed by atoms with Crippen LogP contribution in [0.3, 0.4) is 0 Å². The molecule has 0 aromatic heterocycles. The van der Waals surface area contributed by atoms with Gasteiger partial charge in [-0.2, -0.15) is 0 Å². The number of hydrogen-bond donors (Lipinski definition) is 0. The molecule has 0 spiro atoms. The number of rotatable bonds is 3. The highest BCUT2D eigenvalue weighted by atomic mass is 16.1. The number of allylic oxidation sites excluding steroid dienone is 1. The third-order valence-electron chi connectivity index (χ3n) is 2.94. The SMILES string of the molecule is C=C(C=O)C1CCN(C(C)C)CC1. The number of hydrogen-bond acceptors (Lipinski definition) is 2. The summed E-state index contributed by atoms with van der Waals surface area (Å²) in [4.78, 5) is 13.0. The van der Waals surface area contributed by atoms with Crippen molar-refractivity contribution in [1.29, 1.82) is 0 Å². The predicted molar refractivity (Wildman–Crippen MR) is 54.6 cm³/mol. The van der Waals surface area contributed by atoms with Gasteiger partial charge in [0, 0.05) is 6.04 Å². The highest BCUT2D eigenvalue weighted by molar-refractivity contribution is 5.72. The molecule has 0 N–H and O–H groups in total. The van der Waals surface area contributed by atoms with E-state index in [1.54, 1.807) is 0 Å². The van der Waals surface area contributed by atoms with E-state index in [1.165, 1.54) is 0 Å². The zero-order valence-corrected chi connectivity index (χ0v) is 8.62. The average Bonchev–Trinajstić information content (AvgIpc) is 2.17. The van der Waals surface area contributed by atoms with Gasteiger partial charge in [-0.05, 0) is 51.3 Å². The highest BCUT2D eigenvalue weighted by Crippen LogP contribution is 2.23. The Morgan fingerprint density at radius 2 is 2.00 bits per heavy atom. The molecule has 1 fully saturated rings. The fraction of sp³-hybridized carbons (Fsp3) is 0.727. The van der Waals surface area contributed by atoms with Crippen LogP contribution in [0, 0.1) is 5.92 Å². The zero-order valence-electron chi connectivity index (χ0n) is 8.62. The zero-order chi connectivity index (χ0) is 9.84. The summed E-state index contributed by atoms with van der Waals surface area (Å²) in [6.07, 6.45) is 3.10. The lowest BCUT2D eigenvalue weighted by molar-refractivity contribution is -0.105. The van der Waals surface area contributed by atoms with Gasteiger partial charge in [-0.15, -0.1) is 0 Å². The second kappa shape index (κ2) is 4.56. The number of carbonyl (C=O) groups excluding carboxylic acids is 1. The number of aldehydes is 1. The van der Waals surface area contributed by atoms with Gasteiger partial charge in [-0.25, -0.2) is 0 Å². The van der Waals surface area contributed by atoms with E-state index in [0.29, 0.717) is 12.0 Å². The van der Waals surface area contributed by atoms with E-state index < -0.39 is 0 Å². The number of piperidine rings is 1. The lowest BCUT2D eigenvalue weighted by Crippen LogP contribution is -2.38. The maximum atomic E-state index is 10.5. The smallest absolute Gasteiger partial charge is 0.145 e. The van der Waals surface area contributed by atoms with E-state index in [1.807, 2.05) is 0 Å². The largest absolute Gasteiger partial charge is 0.301 e. The molecule has 1 saturated heterocycles. The van der Waals surface area contributed by atoms with E-state index >= 15 is 0 Å². The van der Waals surface area contributed by atoms with Crippen molar-refractivity contribution in [3.8, 4) is 0 Å². The van der Waals surface area contributed by atoms with Crippen molar-refractivity contribution in [2.45, 2.75) is 32.7 Å². The summed E-state index contributed by atoms with van der Waals surface area (Å²) in [6, 6.07) is 0.630. The maximum Gasteiger partial charge on any atom is 0.145 e. The molecular formula is C11H19NO. The Morgan fingerprint density at radius 3 is 2.38 bits per heavy atom.